The molecular weight excluding hydrogens is 514 g/mol. The van der Waals surface area contributed by atoms with Crippen molar-refractivity contribution in [2.75, 3.05) is 63.7 Å². The normalized spacial score (nSPS) is 14.4. The molecule has 0 aliphatic carbocycles. The van der Waals surface area contributed by atoms with Crippen LogP contribution in [0.1, 0.15) is 0 Å². The molecule has 1 aliphatic rings. The maximum absolute atomic E-state index is 13.3. The summed E-state index contributed by atoms with van der Waals surface area (Å²) in [6.45, 7) is 5.85. The van der Waals surface area contributed by atoms with E-state index < -0.39 is 0 Å². The van der Waals surface area contributed by atoms with Crippen LogP contribution >= 0.6 is 0 Å². The molecule has 0 atom stereocenters. The van der Waals surface area contributed by atoms with Gasteiger partial charge in [0, 0.05) is 71.5 Å². The number of nitrogens with two attached hydrogens (primary N) is 1. The van der Waals surface area contributed by atoms with Crippen LogP contribution in [0.25, 0.3) is 28.3 Å². The first-order valence-corrected chi connectivity index (χ1v) is 13.1. The average molecular weight is 546 g/mol. The molecule has 0 amide bonds. The highest BCUT2D eigenvalue weighted by Gasteiger charge is 2.23. The summed E-state index contributed by atoms with van der Waals surface area (Å²) in [5, 5.41) is 4.45. The van der Waals surface area contributed by atoms with Crippen LogP contribution in [0, 0.1) is 0 Å². The van der Waals surface area contributed by atoms with Crippen LogP contribution in [0.3, 0.4) is 0 Å². The third kappa shape index (κ3) is 4.82. The minimum Gasteiger partial charge on any atom is -0.491 e. The molecular formula is C26H31N11O3. The Kier molecular flexibility index (Phi) is 7.00. The number of hydrogen-bond acceptors (Lipinski definition) is 11. The van der Waals surface area contributed by atoms with Crippen molar-refractivity contribution < 1.29 is 9.47 Å². The molecule has 1 aromatic carbocycles. The second kappa shape index (κ2) is 10.9. The molecule has 0 saturated carbocycles. The molecule has 5 heterocycles. The third-order valence-corrected chi connectivity index (χ3v) is 7.14. The second-order valence-corrected chi connectivity index (χ2v) is 9.56. The van der Waals surface area contributed by atoms with Crippen LogP contribution in [-0.2, 0) is 18.3 Å². The van der Waals surface area contributed by atoms with Gasteiger partial charge in [-0.15, -0.1) is 5.10 Å². The van der Waals surface area contributed by atoms with Gasteiger partial charge < -0.3 is 20.1 Å². The molecule has 2 N–H and O–H groups in total. The van der Waals surface area contributed by atoms with Gasteiger partial charge in [-0.1, -0.05) is 0 Å². The summed E-state index contributed by atoms with van der Waals surface area (Å²) < 4.78 is 15.3. The molecule has 14 nitrogen and oxygen atoms in total. The van der Waals surface area contributed by atoms with Crippen molar-refractivity contribution in [3.05, 3.63) is 53.3 Å². The number of rotatable bonds is 9. The molecule has 0 spiro atoms. The van der Waals surface area contributed by atoms with Crippen molar-refractivity contribution in [2.24, 2.45) is 7.05 Å². The maximum Gasteiger partial charge on any atom is 0.330 e. The van der Waals surface area contributed by atoms with Gasteiger partial charge in [-0.3, -0.25) is 19.0 Å². The average Bonchev–Trinajstić information content (AvgIpc) is 3.53. The maximum atomic E-state index is 13.3. The summed E-state index contributed by atoms with van der Waals surface area (Å²) in [5.74, 6) is 1.34. The van der Waals surface area contributed by atoms with E-state index in [1.54, 1.807) is 41.9 Å². The highest BCUT2D eigenvalue weighted by molar-refractivity contribution is 5.88. The minimum atomic E-state index is -0.175. The van der Waals surface area contributed by atoms with Gasteiger partial charge in [0.2, 0.25) is 11.8 Å². The second-order valence-electron chi connectivity index (χ2n) is 9.56. The summed E-state index contributed by atoms with van der Waals surface area (Å²) in [5.41, 5.74) is 9.26. The molecule has 1 saturated heterocycles. The summed E-state index contributed by atoms with van der Waals surface area (Å²) in [7, 11) is 3.37. The highest BCUT2D eigenvalue weighted by Crippen LogP contribution is 2.23. The Bertz CT molecular complexity index is 1670. The van der Waals surface area contributed by atoms with Gasteiger partial charge in [0.05, 0.1) is 12.8 Å². The lowest BCUT2D eigenvalue weighted by atomic mass is 10.2. The molecule has 1 aliphatic heterocycles. The van der Waals surface area contributed by atoms with Crippen LogP contribution < -0.4 is 21.1 Å². The summed E-state index contributed by atoms with van der Waals surface area (Å²) in [6.07, 6.45) is 4.73. The Labute approximate surface area is 229 Å². The van der Waals surface area contributed by atoms with Gasteiger partial charge >= 0.3 is 5.69 Å². The topological polar surface area (TPSA) is 147 Å². The zero-order valence-corrected chi connectivity index (χ0v) is 22.5. The molecule has 4 aromatic heterocycles. The minimum absolute atomic E-state index is 0.147. The fourth-order valence-corrected chi connectivity index (χ4v) is 4.98. The monoisotopic (exact) mass is 545 g/mol. The van der Waals surface area contributed by atoms with Crippen LogP contribution in [-0.4, -0.2) is 96.6 Å². The molecule has 6 rings (SSSR count). The number of fused-ring (bicyclic) bond motifs is 3. The number of hydrogen-bond donors (Lipinski definition) is 1. The predicted octanol–water partition coefficient (Wildman–Crippen LogP) is 0.664. The fourth-order valence-electron chi connectivity index (χ4n) is 4.98. The van der Waals surface area contributed by atoms with Crippen molar-refractivity contribution in [3.63, 3.8) is 0 Å². The Morgan fingerprint density at radius 1 is 0.975 bits per heavy atom. The molecule has 0 radical (unpaired) electrons. The molecule has 40 heavy (non-hydrogen) atoms. The van der Waals surface area contributed by atoms with Gasteiger partial charge in [0.25, 0.3) is 0 Å². The van der Waals surface area contributed by atoms with E-state index in [1.807, 2.05) is 12.1 Å². The first-order chi connectivity index (χ1) is 19.5. The zero-order chi connectivity index (χ0) is 27.6. The number of piperazine rings is 1. The molecule has 208 valence electrons. The molecule has 0 bridgehead atoms. The molecule has 5 aromatic rings. The SMILES string of the molecule is COCCOc1ccc(N2CCN(CCn3c(=O)n(C)c4c3nc(N)n3nc(-c5cnccn5)nc43)CC2)cc1. The highest BCUT2D eigenvalue weighted by atomic mass is 16.5. The van der Waals surface area contributed by atoms with Crippen molar-refractivity contribution in [2.45, 2.75) is 6.54 Å². The Morgan fingerprint density at radius 2 is 1.77 bits per heavy atom. The lowest BCUT2D eigenvalue weighted by Crippen LogP contribution is -2.47. The predicted molar refractivity (Wildman–Crippen MR) is 149 cm³/mol. The number of aryl methyl sites for hydroxylation is 1. The van der Waals surface area contributed by atoms with Crippen molar-refractivity contribution >= 4 is 28.4 Å². The molecule has 0 unspecified atom stereocenters. The third-order valence-electron chi connectivity index (χ3n) is 7.14. The van der Waals surface area contributed by atoms with Crippen molar-refractivity contribution in [1.82, 2.24) is 43.6 Å². The lowest BCUT2D eigenvalue weighted by molar-refractivity contribution is 0.146. The van der Waals surface area contributed by atoms with Crippen molar-refractivity contribution in [1.29, 1.82) is 0 Å². The summed E-state index contributed by atoms with van der Waals surface area (Å²) in [6, 6.07) is 8.16. The quantitative estimate of drug-likeness (QED) is 0.261. The van der Waals surface area contributed by atoms with Gasteiger partial charge in [-0.25, -0.2) is 14.8 Å². The van der Waals surface area contributed by atoms with Crippen molar-refractivity contribution in [3.8, 4) is 17.3 Å². The van der Waals surface area contributed by atoms with E-state index in [0.717, 1.165) is 31.9 Å². The zero-order valence-electron chi connectivity index (χ0n) is 22.5. The number of aromatic nitrogens is 8. The Hall–Kier alpha value is -4.56. The van der Waals surface area contributed by atoms with E-state index in [9.17, 15) is 4.79 Å². The van der Waals surface area contributed by atoms with Gasteiger partial charge in [-0.05, 0) is 24.3 Å². The first-order valence-electron chi connectivity index (χ1n) is 13.1. The van der Waals surface area contributed by atoms with Crippen LogP contribution in [0.5, 0.6) is 5.75 Å². The van der Waals surface area contributed by atoms with E-state index >= 15 is 0 Å². The van der Waals surface area contributed by atoms with E-state index in [1.165, 1.54) is 10.2 Å². The number of methoxy groups -OCH3 is 1. The lowest BCUT2D eigenvalue weighted by Gasteiger charge is -2.36. The van der Waals surface area contributed by atoms with Crippen LogP contribution in [0.2, 0.25) is 0 Å². The number of benzene rings is 1. The number of anilines is 2. The van der Waals surface area contributed by atoms with E-state index in [2.05, 4.69) is 47.0 Å². The Morgan fingerprint density at radius 3 is 2.50 bits per heavy atom. The number of nitrogen functional groups attached to an aromatic ring is 1. The summed E-state index contributed by atoms with van der Waals surface area (Å²) >= 11 is 0. The molecule has 14 heteroatoms. The summed E-state index contributed by atoms with van der Waals surface area (Å²) in [4.78, 5) is 35.5. The smallest absolute Gasteiger partial charge is 0.330 e. The Balaban J connectivity index is 1.15. The fraction of sp³-hybridized carbons (Fsp3) is 0.385. The number of ether oxygens (including phenoxy) is 2. The van der Waals surface area contributed by atoms with Crippen LogP contribution in [0.15, 0.2) is 47.7 Å². The van der Waals surface area contributed by atoms with E-state index in [4.69, 9.17) is 15.2 Å². The number of imidazole rings is 1. The molecule has 1 fully saturated rings. The van der Waals surface area contributed by atoms with Gasteiger partial charge in [0.1, 0.15) is 23.6 Å². The largest absolute Gasteiger partial charge is 0.491 e. The first kappa shape index (κ1) is 25.7. The van der Waals surface area contributed by atoms with E-state index in [-0.39, 0.29) is 11.6 Å². The van der Waals surface area contributed by atoms with Gasteiger partial charge in [0.15, 0.2) is 11.3 Å². The standard InChI is InChI=1S/C26H31N11O3/c1-33-21-23(31-25(27)37-24(21)30-22(32-37)20-17-28-7-8-29-20)36(26(33)38)14-11-34-9-12-35(13-10-34)18-3-5-19(6-4-18)40-16-15-39-2/h3-8,17H,9-16H2,1-2H3,(H2,27,31). The van der Waals surface area contributed by atoms with E-state index in [0.29, 0.717) is 54.6 Å². The van der Waals surface area contributed by atoms with Crippen LogP contribution in [0.4, 0.5) is 11.6 Å². The van der Waals surface area contributed by atoms with Gasteiger partial charge in [-0.2, -0.15) is 9.50 Å². The number of nitrogens with zero attached hydrogens (tertiary/aromatic N) is 10.